The molecule has 2 aromatic rings. The molecule has 1 aliphatic heterocycles. The third-order valence-electron chi connectivity index (χ3n) is 6.09. The average Bonchev–Trinajstić information content (AvgIpc) is 3.22. The van der Waals surface area contributed by atoms with Crippen molar-refractivity contribution in [3.8, 4) is 5.75 Å². The van der Waals surface area contributed by atoms with Crippen LogP contribution in [0.15, 0.2) is 24.3 Å². The Morgan fingerprint density at radius 3 is 2.47 bits per heavy atom. The van der Waals surface area contributed by atoms with Gasteiger partial charge in [0.25, 0.3) is 5.92 Å². The number of aromatic nitrogens is 3. The SMILES string of the molecule is Cc1cc(OC2CC(F)(F)C2)cc(CC(=O)Cc2ccc(C3CCN(C(=O)OC(C)(C)C)C3)nn2)n1. The van der Waals surface area contributed by atoms with E-state index >= 15 is 0 Å². The summed E-state index contributed by atoms with van der Waals surface area (Å²) < 4.78 is 37.2. The number of pyridine rings is 1. The summed E-state index contributed by atoms with van der Waals surface area (Å²) in [6, 6.07) is 6.95. The van der Waals surface area contributed by atoms with E-state index < -0.39 is 17.6 Å². The van der Waals surface area contributed by atoms with Crippen LogP contribution in [0.3, 0.4) is 0 Å². The predicted molar refractivity (Wildman–Crippen MR) is 127 cm³/mol. The van der Waals surface area contributed by atoms with Crippen molar-refractivity contribution in [2.75, 3.05) is 13.1 Å². The van der Waals surface area contributed by atoms with Crippen molar-refractivity contribution < 1.29 is 27.8 Å². The zero-order valence-corrected chi connectivity index (χ0v) is 21.1. The van der Waals surface area contributed by atoms with E-state index in [1.807, 2.05) is 26.8 Å². The number of Topliss-reactive ketones (excluding diaryl/α,β-unsaturated/α-hetero) is 1. The lowest BCUT2D eigenvalue weighted by Crippen LogP contribution is -2.43. The second-order valence-electron chi connectivity index (χ2n) is 10.7. The van der Waals surface area contributed by atoms with Gasteiger partial charge in [-0.2, -0.15) is 10.2 Å². The van der Waals surface area contributed by atoms with E-state index in [0.29, 0.717) is 35.9 Å². The van der Waals surface area contributed by atoms with Gasteiger partial charge in [-0.05, 0) is 46.2 Å². The van der Waals surface area contributed by atoms with Crippen molar-refractivity contribution in [1.82, 2.24) is 20.1 Å². The molecule has 3 heterocycles. The number of rotatable bonds is 7. The fraction of sp³-hybridized carbons (Fsp3) is 0.577. The molecule has 1 amide bonds. The first kappa shape index (κ1) is 25.9. The van der Waals surface area contributed by atoms with Gasteiger partial charge >= 0.3 is 6.09 Å². The van der Waals surface area contributed by atoms with E-state index in [0.717, 1.165) is 12.1 Å². The maximum absolute atomic E-state index is 13.1. The van der Waals surface area contributed by atoms with Crippen LogP contribution in [0.25, 0.3) is 0 Å². The number of ketones is 1. The monoisotopic (exact) mass is 502 g/mol. The molecule has 0 N–H and O–H groups in total. The second kappa shape index (κ2) is 10.1. The van der Waals surface area contributed by atoms with Crippen molar-refractivity contribution in [1.29, 1.82) is 0 Å². The number of likely N-dealkylation sites (tertiary alicyclic amines) is 1. The topological polar surface area (TPSA) is 94.5 Å². The molecule has 4 rings (SSSR count). The summed E-state index contributed by atoms with van der Waals surface area (Å²) in [5, 5.41) is 8.52. The average molecular weight is 503 g/mol. The Bertz CT molecular complexity index is 1110. The van der Waals surface area contributed by atoms with Crippen LogP contribution in [0.1, 0.15) is 68.7 Å². The highest BCUT2D eigenvalue weighted by Gasteiger charge is 2.47. The number of alkyl halides is 2. The fourth-order valence-electron chi connectivity index (χ4n) is 4.39. The van der Waals surface area contributed by atoms with Crippen LogP contribution in [0.2, 0.25) is 0 Å². The van der Waals surface area contributed by atoms with Gasteiger partial charge in [-0.1, -0.05) is 0 Å². The molecule has 0 spiro atoms. The number of ether oxygens (including phenoxy) is 2. The van der Waals surface area contributed by atoms with Crippen LogP contribution in [0, 0.1) is 6.92 Å². The third kappa shape index (κ3) is 6.95. The number of hydrogen-bond donors (Lipinski definition) is 0. The zero-order valence-electron chi connectivity index (χ0n) is 21.1. The lowest BCUT2D eigenvalue weighted by molar-refractivity contribution is -0.134. The first-order valence-corrected chi connectivity index (χ1v) is 12.2. The summed E-state index contributed by atoms with van der Waals surface area (Å²) in [7, 11) is 0. The Balaban J connectivity index is 1.29. The second-order valence-corrected chi connectivity index (χ2v) is 10.7. The number of amides is 1. The van der Waals surface area contributed by atoms with E-state index in [2.05, 4.69) is 15.2 Å². The molecule has 8 nitrogen and oxygen atoms in total. The molecule has 0 bridgehead atoms. The highest BCUT2D eigenvalue weighted by atomic mass is 19.3. The molecular weight excluding hydrogens is 470 g/mol. The molecule has 0 aromatic carbocycles. The Labute approximate surface area is 209 Å². The first-order valence-electron chi connectivity index (χ1n) is 12.2. The van der Waals surface area contributed by atoms with Crippen molar-refractivity contribution >= 4 is 11.9 Å². The summed E-state index contributed by atoms with van der Waals surface area (Å²) in [6.07, 6.45) is -0.486. The van der Waals surface area contributed by atoms with Crippen molar-refractivity contribution in [3.05, 3.63) is 47.0 Å². The number of hydrogen-bond acceptors (Lipinski definition) is 7. The van der Waals surface area contributed by atoms with Crippen LogP contribution in [-0.2, 0) is 22.4 Å². The number of nitrogens with zero attached hydrogens (tertiary/aromatic N) is 4. The molecule has 2 aliphatic rings. The molecule has 1 unspecified atom stereocenters. The lowest BCUT2D eigenvalue weighted by Gasteiger charge is -2.34. The van der Waals surface area contributed by atoms with Gasteiger partial charge in [0.2, 0.25) is 0 Å². The minimum atomic E-state index is -2.66. The molecule has 1 saturated carbocycles. The number of carbonyl (C=O) groups is 2. The van der Waals surface area contributed by atoms with Crippen molar-refractivity contribution in [3.63, 3.8) is 0 Å². The molecule has 0 radical (unpaired) electrons. The van der Waals surface area contributed by atoms with Gasteiger partial charge < -0.3 is 14.4 Å². The van der Waals surface area contributed by atoms with Crippen LogP contribution < -0.4 is 4.74 Å². The Morgan fingerprint density at radius 1 is 1.11 bits per heavy atom. The summed E-state index contributed by atoms with van der Waals surface area (Å²) >= 11 is 0. The Kier molecular flexibility index (Phi) is 7.24. The van der Waals surface area contributed by atoms with Crippen LogP contribution in [0.5, 0.6) is 5.75 Å². The lowest BCUT2D eigenvalue weighted by atomic mass is 9.91. The van der Waals surface area contributed by atoms with Gasteiger partial charge in [-0.15, -0.1) is 0 Å². The van der Waals surface area contributed by atoms with Crippen molar-refractivity contribution in [2.45, 2.75) is 83.3 Å². The molecule has 10 heteroatoms. The summed E-state index contributed by atoms with van der Waals surface area (Å²) in [6.45, 7) is 8.40. The molecular formula is C26H32F2N4O4. The number of aryl methyl sites for hydroxylation is 1. The molecule has 1 atom stereocenters. The molecule has 2 aromatic heterocycles. The Hall–Kier alpha value is -3.17. The van der Waals surface area contributed by atoms with E-state index in [1.54, 1.807) is 30.0 Å². The van der Waals surface area contributed by atoms with Crippen molar-refractivity contribution in [2.24, 2.45) is 0 Å². The van der Waals surface area contributed by atoms with E-state index in [-0.39, 0.29) is 43.5 Å². The van der Waals surface area contributed by atoms with Gasteiger partial charge in [0.1, 0.15) is 23.2 Å². The fourth-order valence-corrected chi connectivity index (χ4v) is 4.39. The minimum absolute atomic E-state index is 0.0697. The predicted octanol–water partition coefficient (Wildman–Crippen LogP) is 4.44. The maximum atomic E-state index is 13.1. The molecule has 2 fully saturated rings. The minimum Gasteiger partial charge on any atom is -0.490 e. The van der Waals surface area contributed by atoms with Crippen LogP contribution >= 0.6 is 0 Å². The van der Waals surface area contributed by atoms with Gasteiger partial charge in [0.15, 0.2) is 0 Å². The highest BCUT2D eigenvalue weighted by molar-refractivity contribution is 5.82. The summed E-state index contributed by atoms with van der Waals surface area (Å²) in [4.78, 5) is 31.0. The smallest absolute Gasteiger partial charge is 0.410 e. The standard InChI is InChI=1S/C26H32F2N4O4/c1-16-9-21(35-22-13-26(27,28)14-22)12-19(29-16)11-20(33)10-18-5-6-23(31-30-18)17-7-8-32(15-17)24(34)36-25(2,3)4/h5-6,9,12,17,22H,7-8,10-11,13-15H2,1-4H3. The number of halogens is 2. The van der Waals surface area contributed by atoms with Gasteiger partial charge in [0.05, 0.1) is 23.5 Å². The van der Waals surface area contributed by atoms with Gasteiger partial charge in [0, 0.05) is 56.1 Å². The van der Waals surface area contributed by atoms with Crippen LogP contribution in [-0.4, -0.2) is 62.7 Å². The highest BCUT2D eigenvalue weighted by Crippen LogP contribution is 2.39. The molecule has 1 saturated heterocycles. The van der Waals surface area contributed by atoms with Crippen LogP contribution in [0.4, 0.5) is 13.6 Å². The summed E-state index contributed by atoms with van der Waals surface area (Å²) in [5.41, 5.74) is 1.97. The maximum Gasteiger partial charge on any atom is 0.410 e. The molecule has 36 heavy (non-hydrogen) atoms. The van der Waals surface area contributed by atoms with E-state index in [9.17, 15) is 18.4 Å². The number of carbonyl (C=O) groups excluding carboxylic acids is 2. The molecule has 194 valence electrons. The third-order valence-corrected chi connectivity index (χ3v) is 6.09. The first-order chi connectivity index (χ1) is 16.8. The normalized spacial score (nSPS) is 19.6. The zero-order chi connectivity index (χ0) is 26.1. The molecule has 1 aliphatic carbocycles. The largest absolute Gasteiger partial charge is 0.490 e. The van der Waals surface area contributed by atoms with Gasteiger partial charge in [-0.25, -0.2) is 13.6 Å². The van der Waals surface area contributed by atoms with Gasteiger partial charge in [-0.3, -0.25) is 9.78 Å². The Morgan fingerprint density at radius 2 is 1.83 bits per heavy atom. The van der Waals surface area contributed by atoms with E-state index in [1.165, 1.54) is 0 Å². The summed E-state index contributed by atoms with van der Waals surface area (Å²) in [5.74, 6) is -2.22. The quantitative estimate of drug-likeness (QED) is 0.553. The van der Waals surface area contributed by atoms with E-state index in [4.69, 9.17) is 9.47 Å².